The highest BCUT2D eigenvalue weighted by Gasteiger charge is 2.16. The molecule has 0 atom stereocenters. The second kappa shape index (κ2) is 9.77. The second-order valence-corrected chi connectivity index (χ2v) is 6.11. The van der Waals surface area contributed by atoms with E-state index in [1.165, 1.54) is 31.4 Å². The largest absolute Gasteiger partial charge is 0.493 e. The van der Waals surface area contributed by atoms with E-state index in [2.05, 4.69) is 10.9 Å². The van der Waals surface area contributed by atoms with Crippen molar-refractivity contribution in [3.05, 3.63) is 53.6 Å². The number of benzene rings is 2. The monoisotopic (exact) mass is 396 g/mol. The third-order valence-corrected chi connectivity index (χ3v) is 4.15. The molecule has 2 rings (SSSR count). The smallest absolute Gasteiger partial charge is 0.288 e. The molecule has 9 heteroatoms. The van der Waals surface area contributed by atoms with E-state index in [1.54, 1.807) is 18.2 Å². The van der Waals surface area contributed by atoms with Crippen LogP contribution in [-0.4, -0.2) is 31.3 Å². The second-order valence-electron chi connectivity index (χ2n) is 5.08. The van der Waals surface area contributed by atoms with Crippen LogP contribution in [0.25, 0.3) is 0 Å². The zero-order valence-electron chi connectivity index (χ0n) is 14.6. The summed E-state index contributed by atoms with van der Waals surface area (Å²) in [6.07, 6.45) is 0. The molecule has 2 aromatic rings. The Kier molecular flexibility index (Phi) is 7.42. The normalized spacial score (nSPS) is 10.4. The highest BCUT2D eigenvalue weighted by atomic mass is 32.2. The van der Waals surface area contributed by atoms with Gasteiger partial charge in [-0.15, -0.1) is 0 Å². The first-order valence-electron chi connectivity index (χ1n) is 7.91. The van der Waals surface area contributed by atoms with Gasteiger partial charge in [0, 0.05) is 10.5 Å². The van der Waals surface area contributed by atoms with Crippen molar-refractivity contribution in [2.24, 2.45) is 0 Å². The van der Waals surface area contributed by atoms with Crippen LogP contribution in [0.1, 0.15) is 27.6 Å². The van der Waals surface area contributed by atoms with Crippen molar-refractivity contribution in [2.75, 3.05) is 13.7 Å². The van der Waals surface area contributed by atoms with Crippen LogP contribution in [0, 0.1) is 0 Å². The number of ether oxygens (including phenoxy) is 2. The molecule has 144 valence electrons. The third-order valence-electron chi connectivity index (χ3n) is 3.36. The van der Waals surface area contributed by atoms with Gasteiger partial charge in [-0.25, -0.2) is 0 Å². The molecular formula is C18H18F2N2O4S. The van der Waals surface area contributed by atoms with Gasteiger partial charge in [-0.2, -0.15) is 8.78 Å². The van der Waals surface area contributed by atoms with Crippen molar-refractivity contribution < 1.29 is 27.8 Å². The number of methoxy groups -OCH3 is 1. The summed E-state index contributed by atoms with van der Waals surface area (Å²) >= 11 is 0.258. The summed E-state index contributed by atoms with van der Waals surface area (Å²) in [7, 11) is 1.44. The van der Waals surface area contributed by atoms with Crippen molar-refractivity contribution in [3.8, 4) is 11.5 Å². The molecule has 0 spiro atoms. The minimum absolute atomic E-state index is 0.0346. The Morgan fingerprint density at radius 3 is 2.44 bits per heavy atom. The van der Waals surface area contributed by atoms with Gasteiger partial charge >= 0.3 is 0 Å². The third kappa shape index (κ3) is 5.58. The summed E-state index contributed by atoms with van der Waals surface area (Å²) in [6, 6.07) is 10.4. The van der Waals surface area contributed by atoms with Crippen molar-refractivity contribution in [1.82, 2.24) is 10.9 Å². The molecule has 0 aliphatic heterocycles. The van der Waals surface area contributed by atoms with Crippen LogP contribution >= 0.6 is 11.8 Å². The first-order chi connectivity index (χ1) is 13.0. The van der Waals surface area contributed by atoms with Gasteiger partial charge in [0.15, 0.2) is 11.5 Å². The molecule has 0 fully saturated rings. The number of alkyl halides is 2. The molecule has 0 aliphatic carbocycles. The van der Waals surface area contributed by atoms with E-state index in [1.807, 2.05) is 6.92 Å². The number of carbonyl (C=O) groups is 2. The van der Waals surface area contributed by atoms with Crippen LogP contribution in [-0.2, 0) is 0 Å². The Morgan fingerprint density at radius 1 is 1.07 bits per heavy atom. The van der Waals surface area contributed by atoms with Crippen LogP contribution in [0.3, 0.4) is 0 Å². The maximum absolute atomic E-state index is 12.6. The van der Waals surface area contributed by atoms with E-state index in [4.69, 9.17) is 9.47 Å². The minimum Gasteiger partial charge on any atom is -0.493 e. The van der Waals surface area contributed by atoms with Crippen molar-refractivity contribution in [3.63, 3.8) is 0 Å². The SMILES string of the molecule is CCOc1ccc(C(=O)NNC(=O)c2ccccc2SC(F)F)cc1OC. The highest BCUT2D eigenvalue weighted by molar-refractivity contribution is 7.99. The lowest BCUT2D eigenvalue weighted by Gasteiger charge is -2.12. The molecule has 2 aromatic carbocycles. The van der Waals surface area contributed by atoms with Crippen LogP contribution in [0.4, 0.5) is 8.78 Å². The van der Waals surface area contributed by atoms with E-state index in [0.29, 0.717) is 18.1 Å². The summed E-state index contributed by atoms with van der Waals surface area (Å²) in [4.78, 5) is 24.6. The van der Waals surface area contributed by atoms with E-state index in [-0.39, 0.29) is 27.8 Å². The number of nitrogens with one attached hydrogen (secondary N) is 2. The Labute approximate surface area is 159 Å². The molecule has 6 nitrogen and oxygen atoms in total. The van der Waals surface area contributed by atoms with E-state index in [9.17, 15) is 18.4 Å². The van der Waals surface area contributed by atoms with Crippen LogP contribution in [0.15, 0.2) is 47.4 Å². The molecule has 0 aromatic heterocycles. The number of thioether (sulfide) groups is 1. The molecule has 2 N–H and O–H groups in total. The number of hydrazine groups is 1. The Balaban J connectivity index is 2.06. The summed E-state index contributed by atoms with van der Waals surface area (Å²) in [5.74, 6) is -3.11. The highest BCUT2D eigenvalue weighted by Crippen LogP contribution is 2.29. The predicted molar refractivity (Wildman–Crippen MR) is 97.4 cm³/mol. The predicted octanol–water partition coefficient (Wildman–Crippen LogP) is 3.48. The lowest BCUT2D eigenvalue weighted by molar-refractivity contribution is 0.0845. The Hall–Kier alpha value is -2.81. The molecule has 0 radical (unpaired) electrons. The van der Waals surface area contributed by atoms with E-state index >= 15 is 0 Å². The quantitative estimate of drug-likeness (QED) is 0.554. The lowest BCUT2D eigenvalue weighted by atomic mass is 10.2. The van der Waals surface area contributed by atoms with Gasteiger partial charge in [0.25, 0.3) is 17.6 Å². The topological polar surface area (TPSA) is 76.7 Å². The van der Waals surface area contributed by atoms with E-state index in [0.717, 1.165) is 0 Å². The number of hydrogen-bond acceptors (Lipinski definition) is 5. The number of carbonyl (C=O) groups excluding carboxylic acids is 2. The number of halogens is 2. The number of hydrogen-bond donors (Lipinski definition) is 2. The summed E-state index contributed by atoms with van der Waals surface area (Å²) in [5, 5.41) is 0. The first-order valence-corrected chi connectivity index (χ1v) is 8.79. The molecule has 0 saturated heterocycles. The molecule has 2 amide bonds. The van der Waals surface area contributed by atoms with Gasteiger partial charge < -0.3 is 9.47 Å². The zero-order chi connectivity index (χ0) is 19.8. The van der Waals surface area contributed by atoms with Crippen molar-refractivity contribution in [2.45, 2.75) is 17.6 Å². The van der Waals surface area contributed by atoms with Gasteiger partial charge in [-0.3, -0.25) is 20.4 Å². The zero-order valence-corrected chi connectivity index (χ0v) is 15.4. The molecule has 27 heavy (non-hydrogen) atoms. The fourth-order valence-corrected chi connectivity index (χ4v) is 2.83. The van der Waals surface area contributed by atoms with Crippen LogP contribution < -0.4 is 20.3 Å². The molecule has 0 heterocycles. The standard InChI is InChI=1S/C18H18F2N2O4S/c1-3-26-13-9-8-11(10-14(13)25-2)16(23)21-22-17(24)12-6-4-5-7-15(12)27-18(19)20/h4-10,18H,3H2,1-2H3,(H,21,23)(H,22,24). The summed E-state index contributed by atoms with van der Waals surface area (Å²) in [5.41, 5.74) is 4.73. The fraction of sp³-hybridized carbons (Fsp3) is 0.222. The Bertz CT molecular complexity index is 818. The molecule has 0 unspecified atom stereocenters. The summed E-state index contributed by atoms with van der Waals surface area (Å²) in [6.45, 7) is 2.26. The van der Waals surface area contributed by atoms with Crippen molar-refractivity contribution in [1.29, 1.82) is 0 Å². The van der Waals surface area contributed by atoms with Crippen LogP contribution in [0.5, 0.6) is 11.5 Å². The Morgan fingerprint density at radius 2 is 1.78 bits per heavy atom. The first kappa shape index (κ1) is 20.5. The van der Waals surface area contributed by atoms with Gasteiger partial charge in [0.2, 0.25) is 0 Å². The van der Waals surface area contributed by atoms with Crippen molar-refractivity contribution >= 4 is 23.6 Å². The van der Waals surface area contributed by atoms with Gasteiger partial charge in [0.05, 0.1) is 19.3 Å². The van der Waals surface area contributed by atoms with Crippen LogP contribution in [0.2, 0.25) is 0 Å². The average Bonchev–Trinajstić information content (AvgIpc) is 2.66. The molecule has 0 aliphatic rings. The fourth-order valence-electron chi connectivity index (χ4n) is 2.19. The average molecular weight is 396 g/mol. The van der Waals surface area contributed by atoms with Gasteiger partial charge in [0.1, 0.15) is 0 Å². The maximum atomic E-state index is 12.6. The molecular weight excluding hydrogens is 378 g/mol. The lowest BCUT2D eigenvalue weighted by Crippen LogP contribution is -2.41. The number of amides is 2. The molecule has 0 saturated carbocycles. The molecule has 0 bridgehead atoms. The van der Waals surface area contributed by atoms with E-state index < -0.39 is 17.6 Å². The number of rotatable bonds is 7. The minimum atomic E-state index is -2.66. The maximum Gasteiger partial charge on any atom is 0.288 e. The summed E-state index contributed by atoms with van der Waals surface area (Å²) < 4.78 is 35.7. The van der Waals surface area contributed by atoms with Gasteiger partial charge in [-0.05, 0) is 37.3 Å². The van der Waals surface area contributed by atoms with Gasteiger partial charge in [-0.1, -0.05) is 23.9 Å².